The largest absolute Gasteiger partial charge is 0.207 e. The highest BCUT2D eigenvalue weighted by Crippen LogP contribution is 2.10. The number of rotatable bonds is 3. The minimum absolute atomic E-state index is 0.205. The molecule has 0 spiro atoms. The Hall–Kier alpha value is -1.70. The summed E-state index contributed by atoms with van der Waals surface area (Å²) in [6.07, 6.45) is 17.6. The molecular formula is C14H14ClF. The van der Waals surface area contributed by atoms with Crippen molar-refractivity contribution in [3.63, 3.8) is 0 Å². The normalized spacial score (nSPS) is 7.62. The van der Waals surface area contributed by atoms with Gasteiger partial charge >= 0.3 is 0 Å². The lowest BCUT2D eigenvalue weighted by Gasteiger charge is -1.98. The minimum atomic E-state index is -0.205. The van der Waals surface area contributed by atoms with Gasteiger partial charge in [0.25, 0.3) is 0 Å². The van der Waals surface area contributed by atoms with Crippen LogP contribution in [0.1, 0.15) is 12.0 Å². The lowest BCUT2D eigenvalue weighted by Crippen LogP contribution is -1.84. The third-order valence-corrected chi connectivity index (χ3v) is 1.79. The van der Waals surface area contributed by atoms with Gasteiger partial charge in [0.05, 0.1) is 0 Å². The molecule has 0 N–H and O–H groups in total. The second kappa shape index (κ2) is 11.4. The Bertz CT molecular complexity index is 327. The van der Waals surface area contributed by atoms with Crippen LogP contribution in [0.4, 0.5) is 4.39 Å². The van der Waals surface area contributed by atoms with E-state index in [1.165, 1.54) is 12.1 Å². The van der Waals surface area contributed by atoms with Crippen molar-refractivity contribution < 1.29 is 4.39 Å². The highest BCUT2D eigenvalue weighted by atomic mass is 35.5. The van der Waals surface area contributed by atoms with Gasteiger partial charge in [-0.2, -0.15) is 0 Å². The SMILES string of the molecule is C#C.C#C.C=C(Cl)CCc1ccc(F)cc1. The Morgan fingerprint density at radius 1 is 1.12 bits per heavy atom. The summed E-state index contributed by atoms with van der Waals surface area (Å²) < 4.78 is 12.4. The summed E-state index contributed by atoms with van der Waals surface area (Å²) in [6, 6.07) is 6.42. The first-order valence-electron chi connectivity index (χ1n) is 4.43. The fourth-order valence-corrected chi connectivity index (χ4v) is 1.03. The maximum atomic E-state index is 12.4. The summed E-state index contributed by atoms with van der Waals surface area (Å²) in [6.45, 7) is 3.58. The molecule has 0 amide bonds. The van der Waals surface area contributed by atoms with Gasteiger partial charge in [-0.1, -0.05) is 30.3 Å². The third-order valence-electron chi connectivity index (χ3n) is 1.60. The van der Waals surface area contributed by atoms with Crippen molar-refractivity contribution in [1.29, 1.82) is 0 Å². The third kappa shape index (κ3) is 8.88. The van der Waals surface area contributed by atoms with E-state index in [0.29, 0.717) is 5.03 Å². The summed E-state index contributed by atoms with van der Waals surface area (Å²) >= 11 is 5.59. The fourth-order valence-electron chi connectivity index (χ4n) is 0.931. The van der Waals surface area contributed by atoms with E-state index in [-0.39, 0.29) is 5.82 Å². The van der Waals surface area contributed by atoms with Crippen LogP contribution in [-0.4, -0.2) is 0 Å². The number of allylic oxidation sites excluding steroid dienone is 1. The van der Waals surface area contributed by atoms with Crippen LogP contribution < -0.4 is 0 Å². The van der Waals surface area contributed by atoms with E-state index < -0.39 is 0 Å². The van der Waals surface area contributed by atoms with E-state index in [2.05, 4.69) is 32.3 Å². The quantitative estimate of drug-likeness (QED) is 0.696. The number of halogens is 2. The van der Waals surface area contributed by atoms with Crippen LogP contribution >= 0.6 is 11.6 Å². The topological polar surface area (TPSA) is 0 Å². The summed E-state index contributed by atoms with van der Waals surface area (Å²) in [4.78, 5) is 0. The van der Waals surface area contributed by atoms with Crippen LogP contribution in [0.25, 0.3) is 0 Å². The van der Waals surface area contributed by atoms with Gasteiger partial charge in [0.2, 0.25) is 0 Å². The summed E-state index contributed by atoms with van der Waals surface area (Å²) in [7, 11) is 0. The maximum Gasteiger partial charge on any atom is 0.123 e. The monoisotopic (exact) mass is 236 g/mol. The molecule has 0 bridgehead atoms. The molecule has 0 saturated carbocycles. The van der Waals surface area contributed by atoms with Gasteiger partial charge < -0.3 is 0 Å². The zero-order valence-electron chi connectivity index (χ0n) is 9.00. The Labute approximate surface area is 102 Å². The molecule has 0 aliphatic carbocycles. The zero-order valence-corrected chi connectivity index (χ0v) is 9.75. The van der Waals surface area contributed by atoms with Crippen LogP contribution in [0.2, 0.25) is 0 Å². The van der Waals surface area contributed by atoms with Crippen LogP contribution in [0.3, 0.4) is 0 Å². The Balaban J connectivity index is 0. The molecule has 0 heterocycles. The summed E-state index contributed by atoms with van der Waals surface area (Å²) in [5, 5.41) is 0.638. The van der Waals surface area contributed by atoms with Gasteiger partial charge in [-0.3, -0.25) is 0 Å². The van der Waals surface area contributed by atoms with Crippen molar-refractivity contribution in [1.82, 2.24) is 0 Å². The highest BCUT2D eigenvalue weighted by Gasteiger charge is 1.94. The fraction of sp³-hybridized carbons (Fsp3) is 0.143. The molecule has 0 nitrogen and oxygen atoms in total. The van der Waals surface area contributed by atoms with Crippen LogP contribution in [-0.2, 0) is 6.42 Å². The minimum Gasteiger partial charge on any atom is -0.207 e. The van der Waals surface area contributed by atoms with E-state index >= 15 is 0 Å². The second-order valence-electron chi connectivity index (χ2n) is 2.64. The summed E-state index contributed by atoms with van der Waals surface area (Å²) in [5.74, 6) is -0.205. The van der Waals surface area contributed by atoms with E-state index in [9.17, 15) is 4.39 Å². The van der Waals surface area contributed by atoms with Gasteiger partial charge in [-0.25, -0.2) is 4.39 Å². The number of terminal acetylenes is 2. The Morgan fingerprint density at radius 2 is 1.56 bits per heavy atom. The van der Waals surface area contributed by atoms with Crippen molar-refractivity contribution in [2.45, 2.75) is 12.8 Å². The Kier molecular flexibility index (Phi) is 11.9. The molecule has 0 unspecified atom stereocenters. The molecule has 0 saturated heterocycles. The van der Waals surface area contributed by atoms with Crippen molar-refractivity contribution in [3.05, 3.63) is 47.3 Å². The smallest absolute Gasteiger partial charge is 0.123 e. The lowest BCUT2D eigenvalue weighted by molar-refractivity contribution is 0.627. The maximum absolute atomic E-state index is 12.4. The average molecular weight is 237 g/mol. The first-order valence-corrected chi connectivity index (χ1v) is 4.80. The summed E-state index contributed by atoms with van der Waals surface area (Å²) in [5.41, 5.74) is 1.08. The lowest BCUT2D eigenvalue weighted by atomic mass is 10.1. The molecule has 0 aromatic heterocycles. The predicted molar refractivity (Wildman–Crippen MR) is 69.5 cm³/mol. The first kappa shape index (κ1) is 16.7. The highest BCUT2D eigenvalue weighted by molar-refractivity contribution is 6.29. The van der Waals surface area contributed by atoms with Gasteiger partial charge in [0.1, 0.15) is 5.82 Å². The van der Waals surface area contributed by atoms with Gasteiger partial charge in [-0.05, 0) is 30.5 Å². The molecule has 16 heavy (non-hydrogen) atoms. The van der Waals surface area contributed by atoms with Crippen molar-refractivity contribution >= 4 is 11.6 Å². The van der Waals surface area contributed by atoms with Crippen LogP contribution in [0, 0.1) is 31.5 Å². The van der Waals surface area contributed by atoms with Crippen LogP contribution in [0.5, 0.6) is 0 Å². The van der Waals surface area contributed by atoms with Crippen molar-refractivity contribution in [2.75, 3.05) is 0 Å². The molecule has 1 aromatic carbocycles. The van der Waals surface area contributed by atoms with Crippen molar-refractivity contribution in [3.8, 4) is 25.7 Å². The molecule has 2 heteroatoms. The molecule has 1 aromatic rings. The predicted octanol–water partition coefficient (Wildman–Crippen LogP) is 4.01. The van der Waals surface area contributed by atoms with Crippen LogP contribution in [0.15, 0.2) is 35.9 Å². The molecule has 84 valence electrons. The number of hydrogen-bond acceptors (Lipinski definition) is 0. The molecule has 0 aliphatic rings. The molecule has 0 aliphatic heterocycles. The van der Waals surface area contributed by atoms with Gasteiger partial charge in [0.15, 0.2) is 0 Å². The van der Waals surface area contributed by atoms with E-state index in [4.69, 9.17) is 11.6 Å². The number of aryl methyl sites for hydroxylation is 1. The van der Waals surface area contributed by atoms with Gasteiger partial charge in [-0.15, -0.1) is 25.7 Å². The van der Waals surface area contributed by atoms with E-state index in [0.717, 1.165) is 18.4 Å². The molecule has 1 rings (SSSR count). The molecule has 0 fully saturated rings. The zero-order chi connectivity index (χ0) is 13.0. The molecular weight excluding hydrogens is 223 g/mol. The van der Waals surface area contributed by atoms with E-state index in [1.807, 2.05) is 0 Å². The average Bonchev–Trinajstić information content (AvgIpc) is 2.33. The number of benzene rings is 1. The van der Waals surface area contributed by atoms with Crippen molar-refractivity contribution in [2.24, 2.45) is 0 Å². The molecule has 0 radical (unpaired) electrons. The molecule has 0 atom stereocenters. The Morgan fingerprint density at radius 3 is 1.94 bits per heavy atom. The first-order chi connectivity index (χ1) is 7.68. The van der Waals surface area contributed by atoms with E-state index in [1.54, 1.807) is 12.1 Å². The second-order valence-corrected chi connectivity index (χ2v) is 3.18. The number of hydrogen-bond donors (Lipinski definition) is 0. The standard InChI is InChI=1S/C10H10ClF.2C2H2/c1-8(11)2-3-9-4-6-10(12)7-5-9;2*1-2/h4-7H,1-3H2;2*1-2H. The van der Waals surface area contributed by atoms with Gasteiger partial charge in [0, 0.05) is 5.03 Å².